The molecule has 4 rings (SSSR count). The van der Waals surface area contributed by atoms with Gasteiger partial charge in [0.2, 0.25) is 0 Å². The largest absolute Gasteiger partial charge is 0.396 e. The van der Waals surface area contributed by atoms with Crippen molar-refractivity contribution in [1.29, 1.82) is 0 Å². The van der Waals surface area contributed by atoms with E-state index in [0.717, 1.165) is 38.5 Å². The smallest absolute Gasteiger partial charge is 0.333 e. The van der Waals surface area contributed by atoms with Crippen LogP contribution in [0.2, 0.25) is 0 Å². The average molecular weight is 497 g/mol. The van der Waals surface area contributed by atoms with Crippen molar-refractivity contribution in [3.8, 4) is 0 Å². The first-order valence-electron chi connectivity index (χ1n) is 13.1. The van der Waals surface area contributed by atoms with E-state index in [1.54, 1.807) is 6.92 Å². The van der Waals surface area contributed by atoms with Crippen molar-refractivity contribution >= 4 is 0 Å². The SMILES string of the molecule is Cc1cn([C@H]2C[C@@](O)(C3CCCCO3)[C@@H](COC3CCCCO3)O2)c(=O)n(CCCCCO)c1=O. The third-order valence-electron chi connectivity index (χ3n) is 7.41. The van der Waals surface area contributed by atoms with Gasteiger partial charge in [-0.05, 0) is 64.7 Å². The predicted octanol–water partition coefficient (Wildman–Crippen LogP) is 1.61. The summed E-state index contributed by atoms with van der Waals surface area (Å²) in [5.74, 6) is 0. The molecule has 3 fully saturated rings. The Morgan fingerprint density at radius 1 is 1.09 bits per heavy atom. The predicted molar refractivity (Wildman–Crippen MR) is 127 cm³/mol. The van der Waals surface area contributed by atoms with E-state index in [-0.39, 0.29) is 38.0 Å². The quantitative estimate of drug-likeness (QED) is 0.469. The standard InChI is InChI=1S/C25H40N2O8/c1-18-16-27(24(30)26(23(18)29)11-5-2-6-12-28)21-15-25(31,19-9-3-7-13-32-19)20(35-21)17-34-22-10-4-8-14-33-22/h16,19-22,28,31H,2-15,17H2,1H3/t19?,20-,21-,22?,25-/m1/s1. The number of unbranched alkanes of at least 4 members (excludes halogenated alkanes) is 2. The van der Waals surface area contributed by atoms with E-state index in [2.05, 4.69) is 0 Å². The molecule has 0 spiro atoms. The summed E-state index contributed by atoms with van der Waals surface area (Å²) < 4.78 is 26.6. The van der Waals surface area contributed by atoms with Crippen molar-refractivity contribution in [2.75, 3.05) is 26.4 Å². The van der Waals surface area contributed by atoms with Crippen LogP contribution in [0.25, 0.3) is 0 Å². The van der Waals surface area contributed by atoms with Crippen LogP contribution in [0.4, 0.5) is 0 Å². The maximum absolute atomic E-state index is 13.3. The Hall–Kier alpha value is -1.56. The molecule has 2 unspecified atom stereocenters. The zero-order valence-corrected chi connectivity index (χ0v) is 20.7. The lowest BCUT2D eigenvalue weighted by atomic mass is 9.85. The molecule has 0 bridgehead atoms. The van der Waals surface area contributed by atoms with Gasteiger partial charge in [-0.2, -0.15) is 0 Å². The summed E-state index contributed by atoms with van der Waals surface area (Å²) >= 11 is 0. The summed E-state index contributed by atoms with van der Waals surface area (Å²) in [7, 11) is 0. The monoisotopic (exact) mass is 496 g/mol. The van der Waals surface area contributed by atoms with Crippen LogP contribution < -0.4 is 11.2 Å². The summed E-state index contributed by atoms with van der Waals surface area (Å²) in [6, 6.07) is 0. The van der Waals surface area contributed by atoms with Crippen LogP contribution in [0.3, 0.4) is 0 Å². The molecule has 10 heteroatoms. The van der Waals surface area contributed by atoms with Crippen LogP contribution in [0.1, 0.15) is 76.0 Å². The summed E-state index contributed by atoms with van der Waals surface area (Å²) in [4.78, 5) is 26.0. The van der Waals surface area contributed by atoms with Crippen molar-refractivity contribution in [2.45, 2.75) is 108 Å². The van der Waals surface area contributed by atoms with Gasteiger partial charge in [-0.1, -0.05) is 0 Å². The highest BCUT2D eigenvalue weighted by atomic mass is 16.7. The number of aromatic nitrogens is 2. The third-order valence-corrected chi connectivity index (χ3v) is 7.41. The van der Waals surface area contributed by atoms with E-state index in [0.29, 0.717) is 38.0 Å². The molecule has 35 heavy (non-hydrogen) atoms. The molecule has 10 nitrogen and oxygen atoms in total. The first-order chi connectivity index (χ1) is 16.9. The van der Waals surface area contributed by atoms with Crippen LogP contribution in [-0.2, 0) is 25.5 Å². The molecule has 198 valence electrons. The van der Waals surface area contributed by atoms with Gasteiger partial charge < -0.3 is 29.2 Å². The summed E-state index contributed by atoms with van der Waals surface area (Å²) in [6.07, 6.45) is 6.93. The number of hydrogen-bond acceptors (Lipinski definition) is 8. The van der Waals surface area contributed by atoms with Gasteiger partial charge >= 0.3 is 5.69 Å². The third kappa shape index (κ3) is 6.06. The minimum Gasteiger partial charge on any atom is -0.396 e. The number of aliphatic hydroxyl groups excluding tert-OH is 1. The lowest BCUT2D eigenvalue weighted by Crippen LogP contribution is -2.53. The fourth-order valence-corrected chi connectivity index (χ4v) is 5.35. The lowest BCUT2D eigenvalue weighted by molar-refractivity contribution is -0.210. The highest BCUT2D eigenvalue weighted by molar-refractivity contribution is 5.07. The summed E-state index contributed by atoms with van der Waals surface area (Å²) in [6.45, 7) is 3.40. The van der Waals surface area contributed by atoms with Gasteiger partial charge in [0.15, 0.2) is 6.29 Å². The molecule has 0 saturated carbocycles. The molecular formula is C25H40N2O8. The minimum absolute atomic E-state index is 0.0834. The molecular weight excluding hydrogens is 456 g/mol. The van der Waals surface area contributed by atoms with E-state index in [9.17, 15) is 14.7 Å². The second-order valence-corrected chi connectivity index (χ2v) is 10.0. The van der Waals surface area contributed by atoms with Crippen molar-refractivity contribution in [1.82, 2.24) is 9.13 Å². The number of hydrogen-bond donors (Lipinski definition) is 2. The van der Waals surface area contributed by atoms with Crippen molar-refractivity contribution in [2.24, 2.45) is 0 Å². The Labute approximate surface area is 205 Å². The zero-order chi connectivity index (χ0) is 24.8. The fraction of sp³-hybridized carbons (Fsp3) is 0.840. The maximum atomic E-state index is 13.3. The van der Waals surface area contributed by atoms with Crippen LogP contribution in [-0.4, -0.2) is 69.9 Å². The van der Waals surface area contributed by atoms with E-state index in [1.807, 2.05) is 0 Å². The highest BCUT2D eigenvalue weighted by Gasteiger charge is 2.54. The maximum Gasteiger partial charge on any atom is 0.333 e. The molecule has 1 aromatic heterocycles. The number of aryl methyl sites for hydroxylation is 1. The van der Waals surface area contributed by atoms with E-state index < -0.39 is 29.7 Å². The number of rotatable bonds is 10. The van der Waals surface area contributed by atoms with Crippen LogP contribution in [0.15, 0.2) is 15.8 Å². The molecule has 3 saturated heterocycles. The molecule has 3 aliphatic heterocycles. The van der Waals surface area contributed by atoms with Gasteiger partial charge in [0, 0.05) is 44.5 Å². The lowest BCUT2D eigenvalue weighted by Gasteiger charge is -2.38. The number of ether oxygens (including phenoxy) is 4. The van der Waals surface area contributed by atoms with Gasteiger partial charge in [-0.25, -0.2) is 4.79 Å². The highest BCUT2D eigenvalue weighted by Crippen LogP contribution is 2.42. The molecule has 1 aromatic rings. The van der Waals surface area contributed by atoms with E-state index in [1.165, 1.54) is 15.3 Å². The Morgan fingerprint density at radius 2 is 1.86 bits per heavy atom. The normalized spacial score (nSPS) is 31.6. The van der Waals surface area contributed by atoms with Crippen LogP contribution in [0, 0.1) is 6.92 Å². The number of aliphatic hydroxyl groups is 2. The van der Waals surface area contributed by atoms with Gasteiger partial charge in [0.1, 0.15) is 17.9 Å². The molecule has 0 amide bonds. The van der Waals surface area contributed by atoms with Crippen LogP contribution >= 0.6 is 0 Å². The first-order valence-corrected chi connectivity index (χ1v) is 13.1. The summed E-state index contributed by atoms with van der Waals surface area (Å²) in [5, 5.41) is 20.9. The van der Waals surface area contributed by atoms with Gasteiger partial charge in [0.05, 0.1) is 12.7 Å². The fourth-order valence-electron chi connectivity index (χ4n) is 5.35. The molecule has 3 aliphatic rings. The van der Waals surface area contributed by atoms with Crippen molar-refractivity contribution in [3.05, 3.63) is 32.6 Å². The minimum atomic E-state index is -1.32. The van der Waals surface area contributed by atoms with Gasteiger partial charge in [-0.3, -0.25) is 13.9 Å². The Balaban J connectivity index is 1.56. The Kier molecular flexibility index (Phi) is 9.18. The van der Waals surface area contributed by atoms with E-state index in [4.69, 9.17) is 24.1 Å². The molecule has 0 aromatic carbocycles. The topological polar surface area (TPSA) is 121 Å². The Bertz CT molecular complexity index is 934. The van der Waals surface area contributed by atoms with Gasteiger partial charge in [-0.15, -0.1) is 0 Å². The average Bonchev–Trinajstić information content (AvgIpc) is 3.23. The second-order valence-electron chi connectivity index (χ2n) is 10.0. The molecule has 0 radical (unpaired) electrons. The molecule has 4 heterocycles. The molecule has 2 N–H and O–H groups in total. The zero-order valence-electron chi connectivity index (χ0n) is 20.7. The van der Waals surface area contributed by atoms with Crippen molar-refractivity contribution < 1.29 is 29.2 Å². The number of nitrogens with zero attached hydrogens (tertiary/aromatic N) is 2. The second kappa shape index (κ2) is 12.1. The van der Waals surface area contributed by atoms with Crippen molar-refractivity contribution in [3.63, 3.8) is 0 Å². The molecule has 5 atom stereocenters. The first kappa shape index (κ1) is 26.5. The van der Waals surface area contributed by atoms with E-state index >= 15 is 0 Å². The summed E-state index contributed by atoms with van der Waals surface area (Å²) in [5.41, 5.74) is -1.68. The van der Waals surface area contributed by atoms with Gasteiger partial charge in [0.25, 0.3) is 5.56 Å². The Morgan fingerprint density at radius 3 is 2.54 bits per heavy atom. The van der Waals surface area contributed by atoms with Crippen LogP contribution in [0.5, 0.6) is 0 Å². The molecule has 0 aliphatic carbocycles.